The van der Waals surface area contributed by atoms with Gasteiger partial charge >= 0.3 is 0 Å². The van der Waals surface area contributed by atoms with Crippen molar-refractivity contribution in [1.29, 1.82) is 0 Å². The molecular weight excluding hydrogens is 206 g/mol. The van der Waals surface area contributed by atoms with Gasteiger partial charge in [-0.1, -0.05) is 19.1 Å². The Balaban J connectivity index is 2.08. The fourth-order valence-corrected chi connectivity index (χ4v) is 2.54. The lowest BCUT2D eigenvalue weighted by molar-refractivity contribution is 0.693. The minimum absolute atomic E-state index is 0.183. The Labute approximate surface area is 92.0 Å². The molecule has 0 saturated heterocycles. The van der Waals surface area contributed by atoms with Gasteiger partial charge in [-0.05, 0) is 12.1 Å². The van der Waals surface area contributed by atoms with Gasteiger partial charge in [0.05, 0.1) is 16.6 Å². The van der Waals surface area contributed by atoms with Gasteiger partial charge in [-0.2, -0.15) is 0 Å². The second kappa shape index (κ2) is 3.38. The van der Waals surface area contributed by atoms with E-state index in [4.69, 9.17) is 0 Å². The van der Waals surface area contributed by atoms with E-state index in [9.17, 15) is 0 Å². The van der Waals surface area contributed by atoms with Crippen molar-refractivity contribution in [1.82, 2.24) is 9.97 Å². The number of para-hydroxylation sites is 2. The zero-order valence-corrected chi connectivity index (χ0v) is 9.16. The van der Waals surface area contributed by atoms with Crippen molar-refractivity contribution in [2.24, 2.45) is 4.99 Å². The first-order valence-corrected chi connectivity index (χ1v) is 5.90. The van der Waals surface area contributed by atoms with Gasteiger partial charge in [-0.25, -0.2) is 4.98 Å². The number of aliphatic imine (C=N–C) groups is 1. The Kier molecular flexibility index (Phi) is 2.02. The highest BCUT2D eigenvalue weighted by Crippen LogP contribution is 2.33. The number of hydrogen-bond donors (Lipinski definition) is 1. The maximum absolute atomic E-state index is 4.56. The molecule has 0 saturated carbocycles. The lowest BCUT2D eigenvalue weighted by Crippen LogP contribution is -2.06. The van der Waals surface area contributed by atoms with Crippen LogP contribution >= 0.6 is 11.8 Å². The summed E-state index contributed by atoms with van der Waals surface area (Å²) in [6.07, 6.45) is 0. The van der Waals surface area contributed by atoms with Crippen molar-refractivity contribution in [3.63, 3.8) is 0 Å². The summed E-state index contributed by atoms with van der Waals surface area (Å²) in [6, 6.07) is 8.26. The highest BCUT2D eigenvalue weighted by atomic mass is 32.2. The maximum atomic E-state index is 4.56. The molecule has 0 fully saturated rings. The van der Waals surface area contributed by atoms with Gasteiger partial charge in [0, 0.05) is 5.25 Å². The van der Waals surface area contributed by atoms with Crippen LogP contribution in [0.4, 0.5) is 0 Å². The lowest BCUT2D eigenvalue weighted by Gasteiger charge is -2.08. The first-order chi connectivity index (χ1) is 7.34. The summed E-state index contributed by atoms with van der Waals surface area (Å²) >= 11 is 1.76. The van der Waals surface area contributed by atoms with Crippen LogP contribution in [0.25, 0.3) is 11.0 Å². The second-order valence-corrected chi connectivity index (χ2v) is 4.91. The molecule has 2 aromatic rings. The molecule has 0 bridgehead atoms. The number of nitrogens with one attached hydrogen (secondary N) is 1. The predicted molar refractivity (Wildman–Crippen MR) is 64.4 cm³/mol. The Bertz CT molecular complexity index is 484. The molecule has 1 N–H and O–H groups in total. The molecule has 4 heteroatoms. The molecule has 0 amide bonds. The number of hydrogen-bond acceptors (Lipinski definition) is 3. The SMILES string of the molecule is CC1SC=N[C@H]1c1nc2ccccc2[nH]1. The average molecular weight is 217 g/mol. The van der Waals surface area contributed by atoms with Crippen LogP contribution in [0.5, 0.6) is 0 Å². The number of rotatable bonds is 1. The van der Waals surface area contributed by atoms with Crippen LogP contribution in [0.1, 0.15) is 18.8 Å². The van der Waals surface area contributed by atoms with E-state index in [1.165, 1.54) is 0 Å². The van der Waals surface area contributed by atoms with Crippen LogP contribution in [0.15, 0.2) is 29.3 Å². The van der Waals surface area contributed by atoms with Gasteiger partial charge in [0.1, 0.15) is 11.9 Å². The monoisotopic (exact) mass is 217 g/mol. The average Bonchev–Trinajstić information content (AvgIpc) is 2.82. The van der Waals surface area contributed by atoms with Gasteiger partial charge in [0.2, 0.25) is 0 Å². The van der Waals surface area contributed by atoms with E-state index < -0.39 is 0 Å². The van der Waals surface area contributed by atoms with Gasteiger partial charge < -0.3 is 4.98 Å². The van der Waals surface area contributed by atoms with Crippen molar-refractivity contribution in [3.05, 3.63) is 30.1 Å². The molecular formula is C11H11N3S. The highest BCUT2D eigenvalue weighted by Gasteiger charge is 2.25. The summed E-state index contributed by atoms with van der Waals surface area (Å²) in [5, 5.41) is 0.477. The van der Waals surface area contributed by atoms with Gasteiger partial charge in [-0.3, -0.25) is 4.99 Å². The third-order valence-corrected chi connectivity index (χ3v) is 3.56. The van der Waals surface area contributed by atoms with Crippen LogP contribution in [0, 0.1) is 0 Å². The lowest BCUT2D eigenvalue weighted by atomic mass is 10.2. The van der Waals surface area contributed by atoms with Crippen LogP contribution in [-0.2, 0) is 0 Å². The van der Waals surface area contributed by atoms with Crippen molar-refractivity contribution < 1.29 is 0 Å². The number of imidazole rings is 1. The smallest absolute Gasteiger partial charge is 0.133 e. The highest BCUT2D eigenvalue weighted by molar-refractivity contribution is 8.12. The Morgan fingerprint density at radius 2 is 2.20 bits per heavy atom. The molecule has 76 valence electrons. The molecule has 3 nitrogen and oxygen atoms in total. The molecule has 1 aliphatic rings. The van der Waals surface area contributed by atoms with Crippen LogP contribution < -0.4 is 0 Å². The fraction of sp³-hybridized carbons (Fsp3) is 0.273. The fourth-order valence-electron chi connectivity index (χ4n) is 1.80. The number of thioether (sulfide) groups is 1. The number of nitrogens with zero attached hydrogens (tertiary/aromatic N) is 2. The summed E-state index contributed by atoms with van der Waals surface area (Å²) in [6.45, 7) is 2.18. The summed E-state index contributed by atoms with van der Waals surface area (Å²) in [7, 11) is 0. The van der Waals surface area contributed by atoms with Gasteiger partial charge in [0.25, 0.3) is 0 Å². The summed E-state index contributed by atoms with van der Waals surface area (Å²) in [4.78, 5) is 12.3. The Morgan fingerprint density at radius 3 is 2.93 bits per heavy atom. The zero-order chi connectivity index (χ0) is 10.3. The molecule has 2 atom stereocenters. The van der Waals surface area contributed by atoms with E-state index >= 15 is 0 Å². The number of aromatic amines is 1. The predicted octanol–water partition coefficient (Wildman–Crippen LogP) is 2.77. The van der Waals surface area contributed by atoms with E-state index in [0.29, 0.717) is 5.25 Å². The Morgan fingerprint density at radius 1 is 1.33 bits per heavy atom. The molecule has 0 radical (unpaired) electrons. The third-order valence-electron chi connectivity index (χ3n) is 2.63. The first-order valence-electron chi connectivity index (χ1n) is 4.96. The van der Waals surface area contributed by atoms with Gasteiger partial charge in [0.15, 0.2) is 0 Å². The van der Waals surface area contributed by atoms with E-state index in [2.05, 4.69) is 21.9 Å². The van der Waals surface area contributed by atoms with E-state index in [-0.39, 0.29) is 6.04 Å². The Hall–Kier alpha value is -1.29. The van der Waals surface area contributed by atoms with Crippen molar-refractivity contribution in [3.8, 4) is 0 Å². The van der Waals surface area contributed by atoms with E-state index in [0.717, 1.165) is 16.9 Å². The van der Waals surface area contributed by atoms with Gasteiger partial charge in [-0.15, -0.1) is 11.8 Å². The molecule has 0 spiro atoms. The molecule has 1 unspecified atom stereocenters. The molecule has 0 aliphatic carbocycles. The minimum Gasteiger partial charge on any atom is -0.340 e. The second-order valence-electron chi connectivity index (χ2n) is 3.68. The largest absolute Gasteiger partial charge is 0.340 e. The normalized spacial score (nSPS) is 25.1. The van der Waals surface area contributed by atoms with Crippen molar-refractivity contribution in [2.75, 3.05) is 0 Å². The number of H-pyrrole nitrogens is 1. The molecule has 15 heavy (non-hydrogen) atoms. The standard InChI is InChI=1S/C11H11N3S/c1-7-10(12-6-15-7)11-13-8-4-2-3-5-9(8)14-11/h2-7,10H,1H3,(H,13,14)/t7?,10-/m1/s1. The molecule has 1 aromatic carbocycles. The van der Waals surface area contributed by atoms with E-state index in [1.807, 2.05) is 29.8 Å². The zero-order valence-electron chi connectivity index (χ0n) is 8.34. The maximum Gasteiger partial charge on any atom is 0.133 e. The molecule has 1 aliphatic heterocycles. The number of benzene rings is 1. The van der Waals surface area contributed by atoms with Crippen LogP contribution in [0.2, 0.25) is 0 Å². The molecule has 3 rings (SSSR count). The summed E-state index contributed by atoms with van der Waals surface area (Å²) in [5.41, 5.74) is 4.03. The van der Waals surface area contributed by atoms with Crippen LogP contribution in [0.3, 0.4) is 0 Å². The third kappa shape index (κ3) is 1.45. The summed E-state index contributed by atoms with van der Waals surface area (Å²) < 4.78 is 0. The van der Waals surface area contributed by atoms with Crippen molar-refractivity contribution >= 4 is 28.3 Å². The summed E-state index contributed by atoms with van der Waals surface area (Å²) in [5.74, 6) is 0.977. The quantitative estimate of drug-likeness (QED) is 0.798. The number of fused-ring (bicyclic) bond motifs is 1. The topological polar surface area (TPSA) is 41.0 Å². The molecule has 2 heterocycles. The first kappa shape index (κ1) is 8.97. The van der Waals surface area contributed by atoms with Crippen molar-refractivity contribution in [2.45, 2.75) is 18.2 Å². The van der Waals surface area contributed by atoms with E-state index in [1.54, 1.807) is 11.8 Å². The minimum atomic E-state index is 0.183. The molecule has 1 aromatic heterocycles. The van der Waals surface area contributed by atoms with Crippen LogP contribution in [-0.4, -0.2) is 20.8 Å². The number of aromatic nitrogens is 2.